The number of rotatable bonds is 3. The molecule has 0 unspecified atom stereocenters. The molecular weight excluding hydrogens is 304 g/mol. The highest BCUT2D eigenvalue weighted by Gasteiger charge is 2.08. The third kappa shape index (κ3) is 2.80. The Balaban J connectivity index is 1.61. The molecule has 0 saturated heterocycles. The van der Waals surface area contributed by atoms with Crippen LogP contribution >= 0.6 is 11.8 Å². The first-order valence-corrected chi connectivity index (χ1v) is 8.49. The number of H-pyrrole nitrogens is 1. The highest BCUT2D eigenvalue weighted by atomic mass is 32.2. The van der Waals surface area contributed by atoms with E-state index in [2.05, 4.69) is 34.0 Å². The minimum atomic E-state index is 0.752. The third-order valence-electron chi connectivity index (χ3n) is 3.80. The van der Waals surface area contributed by atoms with Gasteiger partial charge in [-0.3, -0.25) is 0 Å². The lowest BCUT2D eigenvalue weighted by molar-refractivity contribution is 1.05. The molecule has 23 heavy (non-hydrogen) atoms. The Morgan fingerprint density at radius 1 is 0.913 bits per heavy atom. The van der Waals surface area contributed by atoms with E-state index in [1.54, 1.807) is 11.8 Å². The Morgan fingerprint density at radius 2 is 1.70 bits per heavy atom. The van der Waals surface area contributed by atoms with E-state index in [1.807, 2.05) is 37.3 Å². The molecule has 0 spiro atoms. The number of aryl methyl sites for hydroxylation is 2. The smallest absolute Gasteiger partial charge is 0.166 e. The van der Waals surface area contributed by atoms with E-state index in [-0.39, 0.29) is 0 Å². The zero-order valence-electron chi connectivity index (χ0n) is 13.0. The predicted molar refractivity (Wildman–Crippen MR) is 94.7 cm³/mol. The van der Waals surface area contributed by atoms with Gasteiger partial charge in [-0.1, -0.05) is 30.0 Å². The second kappa shape index (κ2) is 5.66. The second-order valence-corrected chi connectivity index (χ2v) is 6.56. The average Bonchev–Trinajstić information content (AvgIpc) is 2.94. The maximum absolute atomic E-state index is 4.73. The van der Waals surface area contributed by atoms with Crippen LogP contribution in [0.2, 0.25) is 0 Å². The Bertz CT molecular complexity index is 1010. The molecule has 0 saturated carbocycles. The predicted octanol–water partition coefficient (Wildman–Crippen LogP) is 4.42. The summed E-state index contributed by atoms with van der Waals surface area (Å²) >= 11 is 1.66. The number of hydrogen-bond acceptors (Lipinski definition) is 4. The Hall–Kier alpha value is -2.40. The van der Waals surface area contributed by atoms with Gasteiger partial charge >= 0.3 is 0 Å². The van der Waals surface area contributed by atoms with E-state index in [4.69, 9.17) is 4.98 Å². The number of thioether (sulfide) groups is 1. The number of imidazole rings is 1. The molecule has 2 aromatic heterocycles. The van der Waals surface area contributed by atoms with Crippen molar-refractivity contribution in [3.63, 3.8) is 0 Å². The van der Waals surface area contributed by atoms with E-state index >= 15 is 0 Å². The van der Waals surface area contributed by atoms with Gasteiger partial charge in [-0.15, -0.1) is 0 Å². The molecule has 4 aromatic rings. The largest absolute Gasteiger partial charge is 0.333 e. The minimum Gasteiger partial charge on any atom is -0.333 e. The topological polar surface area (TPSA) is 54.5 Å². The first-order chi connectivity index (χ1) is 11.2. The molecule has 1 N–H and O–H groups in total. The summed E-state index contributed by atoms with van der Waals surface area (Å²) in [5, 5.41) is 0.917. The van der Waals surface area contributed by atoms with Gasteiger partial charge in [-0.05, 0) is 43.7 Å². The van der Waals surface area contributed by atoms with Crippen LogP contribution in [0, 0.1) is 13.8 Å². The SMILES string of the molecule is Cc1ccc2nc(SCc3nc4ccccc4nc3C)[nH]c2c1. The first-order valence-electron chi connectivity index (χ1n) is 7.50. The van der Waals surface area contributed by atoms with Crippen molar-refractivity contribution in [2.24, 2.45) is 0 Å². The van der Waals surface area contributed by atoms with Crippen molar-refractivity contribution >= 4 is 33.8 Å². The van der Waals surface area contributed by atoms with Crippen LogP contribution in [-0.2, 0) is 5.75 Å². The van der Waals surface area contributed by atoms with Crippen molar-refractivity contribution in [1.29, 1.82) is 0 Å². The molecule has 0 amide bonds. The van der Waals surface area contributed by atoms with Gasteiger partial charge in [-0.2, -0.15) is 0 Å². The van der Waals surface area contributed by atoms with Crippen molar-refractivity contribution in [2.45, 2.75) is 24.8 Å². The Kier molecular flexibility index (Phi) is 3.50. The number of hydrogen-bond donors (Lipinski definition) is 1. The number of aromatic nitrogens is 4. The molecular formula is C18H16N4S. The number of nitrogens with zero attached hydrogens (tertiary/aromatic N) is 3. The molecule has 0 fully saturated rings. The third-order valence-corrected chi connectivity index (χ3v) is 4.69. The van der Waals surface area contributed by atoms with Gasteiger partial charge in [0.05, 0.1) is 33.5 Å². The fraction of sp³-hybridized carbons (Fsp3) is 0.167. The lowest BCUT2D eigenvalue weighted by Crippen LogP contribution is -1.97. The molecule has 0 bridgehead atoms. The zero-order valence-corrected chi connectivity index (χ0v) is 13.8. The molecule has 0 aliphatic heterocycles. The maximum Gasteiger partial charge on any atom is 0.166 e. The summed E-state index contributed by atoms with van der Waals surface area (Å²) in [6.45, 7) is 4.10. The van der Waals surface area contributed by atoms with Crippen LogP contribution in [0.3, 0.4) is 0 Å². The van der Waals surface area contributed by atoms with E-state index in [1.165, 1.54) is 5.56 Å². The number of nitrogens with one attached hydrogen (secondary N) is 1. The fourth-order valence-corrected chi connectivity index (χ4v) is 3.46. The van der Waals surface area contributed by atoms with Gasteiger partial charge in [0.15, 0.2) is 5.16 Å². The van der Waals surface area contributed by atoms with Crippen LogP contribution in [0.4, 0.5) is 0 Å². The second-order valence-electron chi connectivity index (χ2n) is 5.60. The van der Waals surface area contributed by atoms with E-state index < -0.39 is 0 Å². The molecule has 2 heterocycles. The highest BCUT2D eigenvalue weighted by molar-refractivity contribution is 7.98. The van der Waals surface area contributed by atoms with Gasteiger partial charge < -0.3 is 4.98 Å². The molecule has 0 aliphatic rings. The lowest BCUT2D eigenvalue weighted by Gasteiger charge is -2.05. The molecule has 0 radical (unpaired) electrons. The lowest BCUT2D eigenvalue weighted by atomic mass is 10.2. The Morgan fingerprint density at radius 3 is 2.52 bits per heavy atom. The number of benzene rings is 2. The van der Waals surface area contributed by atoms with Gasteiger partial charge in [0, 0.05) is 5.75 Å². The van der Waals surface area contributed by atoms with Crippen molar-refractivity contribution in [2.75, 3.05) is 0 Å². The van der Waals surface area contributed by atoms with E-state index in [0.717, 1.165) is 44.4 Å². The minimum absolute atomic E-state index is 0.752. The van der Waals surface area contributed by atoms with Gasteiger partial charge in [-0.25, -0.2) is 15.0 Å². The molecule has 114 valence electrons. The van der Waals surface area contributed by atoms with Crippen LogP contribution in [-0.4, -0.2) is 19.9 Å². The highest BCUT2D eigenvalue weighted by Crippen LogP contribution is 2.24. The number of fused-ring (bicyclic) bond motifs is 2. The molecule has 4 rings (SSSR count). The standard InChI is InChI=1S/C18H16N4S/c1-11-7-8-15-16(9-11)22-18(21-15)23-10-17-12(2)19-13-5-3-4-6-14(13)20-17/h3-9H,10H2,1-2H3,(H,21,22). The van der Waals surface area contributed by atoms with Crippen molar-refractivity contribution in [1.82, 2.24) is 19.9 Å². The first kappa shape index (κ1) is 14.2. The molecule has 0 atom stereocenters. The van der Waals surface area contributed by atoms with Gasteiger partial charge in [0.2, 0.25) is 0 Å². The van der Waals surface area contributed by atoms with Crippen LogP contribution in [0.15, 0.2) is 47.6 Å². The van der Waals surface area contributed by atoms with Gasteiger partial charge in [0.1, 0.15) is 0 Å². The van der Waals surface area contributed by atoms with Crippen molar-refractivity contribution in [3.05, 3.63) is 59.4 Å². The van der Waals surface area contributed by atoms with E-state index in [0.29, 0.717) is 0 Å². The Labute approximate surface area is 138 Å². The summed E-state index contributed by atoms with van der Waals surface area (Å²) in [7, 11) is 0. The monoisotopic (exact) mass is 320 g/mol. The van der Waals surface area contributed by atoms with Crippen LogP contribution in [0.25, 0.3) is 22.1 Å². The van der Waals surface area contributed by atoms with Crippen molar-refractivity contribution in [3.8, 4) is 0 Å². The van der Waals surface area contributed by atoms with E-state index in [9.17, 15) is 0 Å². The summed E-state index contributed by atoms with van der Waals surface area (Å²) < 4.78 is 0. The normalized spacial score (nSPS) is 11.4. The summed E-state index contributed by atoms with van der Waals surface area (Å²) in [5.74, 6) is 0.752. The molecule has 5 heteroatoms. The quantitative estimate of drug-likeness (QED) is 0.568. The number of aromatic amines is 1. The van der Waals surface area contributed by atoms with Crippen LogP contribution in [0.1, 0.15) is 17.0 Å². The average molecular weight is 320 g/mol. The summed E-state index contributed by atoms with van der Waals surface area (Å²) in [5.41, 5.74) is 7.17. The zero-order chi connectivity index (χ0) is 15.8. The fourth-order valence-electron chi connectivity index (χ4n) is 2.57. The molecule has 4 nitrogen and oxygen atoms in total. The number of para-hydroxylation sites is 2. The summed E-state index contributed by atoms with van der Waals surface area (Å²) in [4.78, 5) is 17.4. The van der Waals surface area contributed by atoms with Gasteiger partial charge in [0.25, 0.3) is 0 Å². The summed E-state index contributed by atoms with van der Waals surface area (Å²) in [6.07, 6.45) is 0. The maximum atomic E-state index is 4.73. The van der Waals surface area contributed by atoms with Crippen molar-refractivity contribution < 1.29 is 0 Å². The van der Waals surface area contributed by atoms with Crippen LogP contribution in [0.5, 0.6) is 0 Å². The molecule has 2 aromatic carbocycles. The van der Waals surface area contributed by atoms with Crippen LogP contribution < -0.4 is 0 Å². The summed E-state index contributed by atoms with van der Waals surface area (Å²) in [6, 6.07) is 14.2. The molecule has 0 aliphatic carbocycles.